The van der Waals surface area contributed by atoms with Gasteiger partial charge in [0.1, 0.15) is 10.8 Å². The molecule has 0 aliphatic rings. The van der Waals surface area contributed by atoms with E-state index in [9.17, 15) is 4.79 Å². The zero-order valence-corrected chi connectivity index (χ0v) is 16.2. The Morgan fingerprint density at radius 3 is 2.62 bits per heavy atom. The van der Waals surface area contributed by atoms with E-state index >= 15 is 0 Å². The third-order valence-corrected chi connectivity index (χ3v) is 5.60. The molecule has 5 nitrogen and oxygen atoms in total. The zero-order valence-electron chi connectivity index (χ0n) is 15.4. The number of methoxy groups -OCH3 is 1. The topological polar surface area (TPSA) is 55.3 Å². The predicted octanol–water partition coefficient (Wildman–Crippen LogP) is 5.05. The number of urea groups is 1. The number of carbonyl (C=O) groups is 1. The molecule has 0 saturated carbocycles. The third-order valence-electron chi connectivity index (χ3n) is 4.36. The van der Waals surface area contributed by atoms with Gasteiger partial charge in [-0.2, -0.15) is 0 Å². The molecule has 26 heavy (non-hydrogen) atoms. The Bertz CT molecular complexity index is 900. The van der Waals surface area contributed by atoms with Crippen LogP contribution in [0.25, 0.3) is 5.00 Å². The molecular weight excluding hydrogens is 346 g/mol. The van der Waals surface area contributed by atoms with Crippen molar-refractivity contribution >= 4 is 23.1 Å². The van der Waals surface area contributed by atoms with E-state index in [-0.39, 0.29) is 12.1 Å². The highest BCUT2D eigenvalue weighted by Crippen LogP contribution is 2.35. The molecule has 3 aromatic rings. The normalized spacial score (nSPS) is 11.8. The highest BCUT2D eigenvalue weighted by Gasteiger charge is 2.20. The van der Waals surface area contributed by atoms with Crippen LogP contribution in [0.3, 0.4) is 0 Å². The first-order valence-corrected chi connectivity index (χ1v) is 9.26. The molecule has 6 heteroatoms. The van der Waals surface area contributed by atoms with Gasteiger partial charge in [-0.15, -0.1) is 11.3 Å². The lowest BCUT2D eigenvalue weighted by atomic mass is 10.1. The Kier molecular flexibility index (Phi) is 5.32. The lowest BCUT2D eigenvalue weighted by molar-refractivity contribution is 0.249. The molecule has 1 aromatic carbocycles. The summed E-state index contributed by atoms with van der Waals surface area (Å²) in [7, 11) is 1.60. The van der Waals surface area contributed by atoms with Gasteiger partial charge < -0.3 is 19.9 Å². The van der Waals surface area contributed by atoms with Gasteiger partial charge in [-0.1, -0.05) is 6.07 Å². The molecular formula is C20H23N3O2S. The van der Waals surface area contributed by atoms with E-state index in [0.29, 0.717) is 11.4 Å². The number of hydrogen-bond acceptors (Lipinski definition) is 3. The summed E-state index contributed by atoms with van der Waals surface area (Å²) in [6, 6.07) is 10.9. The lowest BCUT2D eigenvalue weighted by Gasteiger charge is -2.17. The predicted molar refractivity (Wildman–Crippen MR) is 107 cm³/mol. The second kappa shape index (κ2) is 7.66. The van der Waals surface area contributed by atoms with Crippen molar-refractivity contribution in [3.05, 3.63) is 64.8 Å². The average Bonchev–Trinajstić information content (AvgIpc) is 3.24. The van der Waals surface area contributed by atoms with Crippen molar-refractivity contribution < 1.29 is 9.53 Å². The molecule has 0 bridgehead atoms. The fraction of sp³-hybridized carbons (Fsp3) is 0.250. The highest BCUT2D eigenvalue weighted by atomic mass is 32.1. The Morgan fingerprint density at radius 1 is 1.19 bits per heavy atom. The molecule has 0 radical (unpaired) electrons. The number of carbonyl (C=O) groups excluding carboxylic acids is 1. The summed E-state index contributed by atoms with van der Waals surface area (Å²) in [6.45, 7) is 6.22. The van der Waals surface area contributed by atoms with E-state index in [1.54, 1.807) is 24.5 Å². The fourth-order valence-electron chi connectivity index (χ4n) is 2.94. The number of thiophene rings is 1. The summed E-state index contributed by atoms with van der Waals surface area (Å²) < 4.78 is 7.28. The van der Waals surface area contributed by atoms with E-state index < -0.39 is 0 Å². The Labute approximate surface area is 157 Å². The van der Waals surface area contributed by atoms with Crippen LogP contribution in [0, 0.1) is 13.8 Å². The molecule has 0 saturated heterocycles. The van der Waals surface area contributed by atoms with Crippen molar-refractivity contribution in [2.24, 2.45) is 0 Å². The number of aromatic nitrogens is 1. The van der Waals surface area contributed by atoms with Gasteiger partial charge in [0.05, 0.1) is 13.2 Å². The number of ether oxygens (including phenoxy) is 1. The van der Waals surface area contributed by atoms with Gasteiger partial charge in [0.15, 0.2) is 0 Å². The number of aryl methyl sites for hydroxylation is 1. The minimum Gasteiger partial charge on any atom is -0.497 e. The Morgan fingerprint density at radius 2 is 1.92 bits per heavy atom. The van der Waals surface area contributed by atoms with Crippen molar-refractivity contribution in [1.82, 2.24) is 9.88 Å². The molecule has 1 unspecified atom stereocenters. The number of amides is 2. The highest BCUT2D eigenvalue weighted by molar-refractivity contribution is 7.14. The molecule has 2 N–H and O–H groups in total. The van der Waals surface area contributed by atoms with Crippen LogP contribution >= 0.6 is 11.3 Å². The summed E-state index contributed by atoms with van der Waals surface area (Å²) in [6.07, 6.45) is 4.05. The first kappa shape index (κ1) is 18.1. The van der Waals surface area contributed by atoms with Crippen LogP contribution < -0.4 is 15.4 Å². The monoisotopic (exact) mass is 369 g/mol. The minimum absolute atomic E-state index is 0.122. The van der Waals surface area contributed by atoms with Gasteiger partial charge in [0.25, 0.3) is 0 Å². The largest absolute Gasteiger partial charge is 0.497 e. The summed E-state index contributed by atoms with van der Waals surface area (Å²) in [5.74, 6) is 0.704. The van der Waals surface area contributed by atoms with Gasteiger partial charge in [-0.05, 0) is 50.6 Å². The van der Waals surface area contributed by atoms with Crippen molar-refractivity contribution in [3.63, 3.8) is 0 Å². The van der Waals surface area contributed by atoms with Gasteiger partial charge in [-0.3, -0.25) is 0 Å². The molecule has 2 aromatic heterocycles. The van der Waals surface area contributed by atoms with E-state index in [0.717, 1.165) is 10.6 Å². The second-order valence-electron chi connectivity index (χ2n) is 6.14. The number of hydrogen-bond donors (Lipinski definition) is 2. The van der Waals surface area contributed by atoms with E-state index in [1.165, 1.54) is 10.4 Å². The molecule has 2 heterocycles. The van der Waals surface area contributed by atoms with Gasteiger partial charge in [0.2, 0.25) is 0 Å². The van der Waals surface area contributed by atoms with Crippen LogP contribution in [0.4, 0.5) is 10.5 Å². The number of nitrogens with zero attached hydrogens (tertiary/aromatic N) is 1. The van der Waals surface area contributed by atoms with Crippen molar-refractivity contribution in [2.45, 2.75) is 26.8 Å². The average molecular weight is 369 g/mol. The quantitative estimate of drug-likeness (QED) is 0.661. The molecule has 1 atom stereocenters. The molecule has 2 amide bonds. The van der Waals surface area contributed by atoms with Gasteiger partial charge in [-0.25, -0.2) is 4.79 Å². The van der Waals surface area contributed by atoms with Crippen molar-refractivity contribution in [2.75, 3.05) is 12.4 Å². The summed E-state index contributed by atoms with van der Waals surface area (Å²) in [4.78, 5) is 13.7. The molecule has 0 fully saturated rings. The first-order valence-electron chi connectivity index (χ1n) is 8.44. The molecule has 136 valence electrons. The van der Waals surface area contributed by atoms with Crippen molar-refractivity contribution in [1.29, 1.82) is 0 Å². The Balaban J connectivity index is 1.77. The number of nitrogens with one attached hydrogen (secondary N) is 2. The van der Waals surface area contributed by atoms with E-state index in [1.807, 2.05) is 49.6 Å². The standard InChI is InChI=1S/C20H23N3O2S/c1-13-15(3)26-19(23-10-5-6-11-23)18(13)14(2)21-20(24)22-16-8-7-9-17(12-16)25-4/h5-12,14H,1-4H3,(H2,21,22,24). The van der Waals surface area contributed by atoms with Crippen LogP contribution in [-0.2, 0) is 0 Å². The van der Waals surface area contributed by atoms with E-state index in [2.05, 4.69) is 29.0 Å². The zero-order chi connectivity index (χ0) is 18.7. The lowest BCUT2D eigenvalue weighted by Crippen LogP contribution is -2.31. The molecule has 3 rings (SSSR count). The maximum atomic E-state index is 12.4. The number of benzene rings is 1. The van der Waals surface area contributed by atoms with E-state index in [4.69, 9.17) is 4.74 Å². The third kappa shape index (κ3) is 3.75. The smallest absolute Gasteiger partial charge is 0.319 e. The van der Waals surface area contributed by atoms with Gasteiger partial charge in [0, 0.05) is 34.6 Å². The van der Waals surface area contributed by atoms with Crippen LogP contribution in [0.15, 0.2) is 48.8 Å². The van der Waals surface area contributed by atoms with Crippen LogP contribution in [0.2, 0.25) is 0 Å². The fourth-order valence-corrected chi connectivity index (χ4v) is 4.16. The summed E-state index contributed by atoms with van der Waals surface area (Å²) >= 11 is 1.74. The van der Waals surface area contributed by atoms with Crippen LogP contribution in [0.1, 0.15) is 29.0 Å². The molecule has 0 aliphatic carbocycles. The van der Waals surface area contributed by atoms with Crippen molar-refractivity contribution in [3.8, 4) is 10.8 Å². The number of anilines is 1. The second-order valence-corrected chi connectivity index (χ2v) is 7.35. The minimum atomic E-state index is -0.243. The maximum Gasteiger partial charge on any atom is 0.319 e. The van der Waals surface area contributed by atoms with Gasteiger partial charge >= 0.3 is 6.03 Å². The maximum absolute atomic E-state index is 12.4. The Hall–Kier alpha value is -2.73. The van der Waals surface area contributed by atoms with Crippen LogP contribution in [-0.4, -0.2) is 17.7 Å². The summed E-state index contributed by atoms with van der Waals surface area (Å²) in [5.41, 5.74) is 3.05. The first-order chi connectivity index (χ1) is 12.5. The number of rotatable bonds is 5. The SMILES string of the molecule is COc1cccc(NC(=O)NC(C)c2c(-n3cccc3)sc(C)c2C)c1. The summed E-state index contributed by atoms with van der Waals surface area (Å²) in [5, 5.41) is 7.04. The molecule has 0 aliphatic heterocycles. The molecule has 0 spiro atoms. The van der Waals surface area contributed by atoms with Crippen LogP contribution in [0.5, 0.6) is 5.75 Å².